The lowest BCUT2D eigenvalue weighted by Crippen LogP contribution is -2.42. The topological polar surface area (TPSA) is 113 Å². The van der Waals surface area contributed by atoms with Gasteiger partial charge in [-0.3, -0.25) is 9.59 Å². The van der Waals surface area contributed by atoms with Gasteiger partial charge in [-0.15, -0.1) is 0 Å². The van der Waals surface area contributed by atoms with Crippen LogP contribution in [0.5, 0.6) is 0 Å². The summed E-state index contributed by atoms with van der Waals surface area (Å²) in [6, 6.07) is 12.7. The number of pyridine rings is 1. The number of carbonyl (C=O) groups excluding carboxylic acids is 2. The van der Waals surface area contributed by atoms with E-state index in [4.69, 9.17) is 16.6 Å². The van der Waals surface area contributed by atoms with Gasteiger partial charge in [-0.05, 0) is 68.2 Å². The van der Waals surface area contributed by atoms with Crippen molar-refractivity contribution in [3.05, 3.63) is 84.3 Å². The number of anilines is 2. The zero-order valence-corrected chi connectivity index (χ0v) is 20.8. The van der Waals surface area contributed by atoms with Crippen molar-refractivity contribution in [1.82, 2.24) is 24.9 Å². The highest BCUT2D eigenvalue weighted by Crippen LogP contribution is 2.30. The van der Waals surface area contributed by atoms with E-state index in [0.29, 0.717) is 27.9 Å². The van der Waals surface area contributed by atoms with Crippen molar-refractivity contribution in [2.24, 2.45) is 0 Å². The molecule has 10 heteroatoms. The Bertz CT molecular complexity index is 1450. The fraction of sp³-hybridized carbons (Fsp3) is 0.222. The first-order valence-corrected chi connectivity index (χ1v) is 12.4. The predicted molar refractivity (Wildman–Crippen MR) is 144 cm³/mol. The number of hydrogen-bond acceptors (Lipinski definition) is 6. The van der Waals surface area contributed by atoms with Crippen molar-refractivity contribution in [2.75, 3.05) is 10.6 Å². The van der Waals surface area contributed by atoms with Crippen LogP contribution in [0.2, 0.25) is 5.02 Å². The monoisotopic (exact) mass is 515 g/mol. The fourth-order valence-electron chi connectivity index (χ4n) is 4.54. The summed E-state index contributed by atoms with van der Waals surface area (Å²) in [5, 5.41) is 14.1. The van der Waals surface area contributed by atoms with Crippen molar-refractivity contribution in [1.29, 1.82) is 0 Å². The van der Waals surface area contributed by atoms with Gasteiger partial charge < -0.3 is 16.0 Å². The molecule has 9 nitrogen and oxygen atoms in total. The number of carbonyl (C=O) groups is 2. The van der Waals surface area contributed by atoms with Gasteiger partial charge in [0.05, 0.1) is 28.6 Å². The average Bonchev–Trinajstić information content (AvgIpc) is 3.34. The highest BCUT2D eigenvalue weighted by Gasteiger charge is 2.25. The quantitative estimate of drug-likeness (QED) is 0.307. The summed E-state index contributed by atoms with van der Waals surface area (Å²) in [6.45, 7) is 3.43. The van der Waals surface area contributed by atoms with Gasteiger partial charge in [0.15, 0.2) is 0 Å². The number of benzene rings is 1. The molecule has 3 N–H and O–H groups in total. The lowest BCUT2D eigenvalue weighted by molar-refractivity contribution is -0.111. The molecule has 37 heavy (non-hydrogen) atoms. The molecule has 0 bridgehead atoms. The number of rotatable bonds is 7. The Morgan fingerprint density at radius 3 is 2.70 bits per heavy atom. The standard InChI is InChI=1S/C27H26ClN7O2/c1-2-24(36)31-18-11-9-17(10-12-18)26(37)32-19-6-5-7-20(14-19)33-27-29-16-22(28)25(34-27)21-15-30-35-13-4-3-8-23(21)35/h2-4,8-13,15-16,19-20H,1,5-7,14H2,(H,31,36)(H,32,37)(H,29,33,34)/t19-,20+/m0/s1. The second kappa shape index (κ2) is 10.8. The zero-order chi connectivity index (χ0) is 25.8. The van der Waals surface area contributed by atoms with E-state index >= 15 is 0 Å². The molecule has 4 aromatic rings. The molecular formula is C27H26ClN7O2. The van der Waals surface area contributed by atoms with E-state index in [1.807, 2.05) is 24.4 Å². The largest absolute Gasteiger partial charge is 0.351 e. The maximum atomic E-state index is 12.8. The molecule has 5 rings (SSSR count). The number of hydrogen-bond donors (Lipinski definition) is 3. The molecular weight excluding hydrogens is 490 g/mol. The summed E-state index contributed by atoms with van der Waals surface area (Å²) in [6.07, 6.45) is 9.97. The van der Waals surface area contributed by atoms with Crippen LogP contribution >= 0.6 is 11.6 Å². The van der Waals surface area contributed by atoms with Crippen LogP contribution in [0.3, 0.4) is 0 Å². The van der Waals surface area contributed by atoms with E-state index in [-0.39, 0.29) is 23.9 Å². The minimum atomic E-state index is -0.298. The molecule has 3 aromatic heterocycles. The van der Waals surface area contributed by atoms with Crippen LogP contribution in [-0.2, 0) is 4.79 Å². The molecule has 0 unspecified atom stereocenters. The van der Waals surface area contributed by atoms with E-state index in [0.717, 1.165) is 36.8 Å². The smallest absolute Gasteiger partial charge is 0.251 e. The van der Waals surface area contributed by atoms with Crippen molar-refractivity contribution >= 4 is 40.6 Å². The molecule has 0 aliphatic heterocycles. The molecule has 0 spiro atoms. The number of nitrogens with one attached hydrogen (secondary N) is 3. The van der Waals surface area contributed by atoms with E-state index < -0.39 is 0 Å². The maximum Gasteiger partial charge on any atom is 0.251 e. The van der Waals surface area contributed by atoms with Crippen LogP contribution in [0.15, 0.2) is 73.7 Å². The molecule has 1 aromatic carbocycles. The Morgan fingerprint density at radius 1 is 1.08 bits per heavy atom. The highest BCUT2D eigenvalue weighted by atomic mass is 35.5. The van der Waals surface area contributed by atoms with Gasteiger partial charge in [0.1, 0.15) is 0 Å². The third kappa shape index (κ3) is 5.62. The third-order valence-corrected chi connectivity index (χ3v) is 6.64. The maximum absolute atomic E-state index is 12.8. The van der Waals surface area contributed by atoms with Gasteiger partial charge in [0.2, 0.25) is 11.9 Å². The van der Waals surface area contributed by atoms with E-state index in [1.165, 1.54) is 6.08 Å². The summed E-state index contributed by atoms with van der Waals surface area (Å²) in [5.74, 6) is 0.0441. The molecule has 1 aliphatic rings. The van der Waals surface area contributed by atoms with Gasteiger partial charge in [0, 0.05) is 35.1 Å². The van der Waals surface area contributed by atoms with Crippen LogP contribution in [0.4, 0.5) is 11.6 Å². The normalized spacial score (nSPS) is 17.2. The second-order valence-corrected chi connectivity index (χ2v) is 9.34. The number of fused-ring (bicyclic) bond motifs is 1. The molecule has 188 valence electrons. The molecule has 2 atom stereocenters. The minimum Gasteiger partial charge on any atom is -0.351 e. The van der Waals surface area contributed by atoms with Crippen molar-refractivity contribution < 1.29 is 9.59 Å². The van der Waals surface area contributed by atoms with E-state index in [1.54, 1.807) is 41.2 Å². The summed E-state index contributed by atoms with van der Waals surface area (Å²) < 4.78 is 1.78. The third-order valence-electron chi connectivity index (χ3n) is 6.37. The fourth-order valence-corrected chi connectivity index (χ4v) is 4.74. The Balaban J connectivity index is 1.23. The zero-order valence-electron chi connectivity index (χ0n) is 20.0. The summed E-state index contributed by atoms with van der Waals surface area (Å²) in [7, 11) is 0. The van der Waals surface area contributed by atoms with E-state index in [9.17, 15) is 9.59 Å². The highest BCUT2D eigenvalue weighted by molar-refractivity contribution is 6.33. The summed E-state index contributed by atoms with van der Waals surface area (Å²) in [5.41, 5.74) is 3.50. The van der Waals surface area contributed by atoms with Crippen LogP contribution < -0.4 is 16.0 Å². The van der Waals surface area contributed by atoms with Crippen molar-refractivity contribution in [3.8, 4) is 11.3 Å². The van der Waals surface area contributed by atoms with E-state index in [2.05, 4.69) is 32.6 Å². The van der Waals surface area contributed by atoms with Gasteiger partial charge in [-0.25, -0.2) is 14.5 Å². The molecule has 1 saturated carbocycles. The number of amides is 2. The lowest BCUT2D eigenvalue weighted by atomic mass is 9.91. The van der Waals surface area contributed by atoms with Crippen LogP contribution in [0.25, 0.3) is 16.8 Å². The molecule has 0 radical (unpaired) electrons. The van der Waals surface area contributed by atoms with Crippen molar-refractivity contribution in [3.63, 3.8) is 0 Å². The first-order chi connectivity index (χ1) is 18.0. The molecule has 1 aliphatic carbocycles. The Kier molecular flexibility index (Phi) is 7.14. The lowest BCUT2D eigenvalue weighted by Gasteiger charge is -2.30. The van der Waals surface area contributed by atoms with Gasteiger partial charge in [0.25, 0.3) is 5.91 Å². The molecule has 1 fully saturated rings. The Labute approximate surface area is 219 Å². The number of halogens is 1. The molecule has 2 amide bonds. The first kappa shape index (κ1) is 24.5. The van der Waals surface area contributed by atoms with Gasteiger partial charge in [-0.1, -0.05) is 24.2 Å². The second-order valence-electron chi connectivity index (χ2n) is 8.93. The average molecular weight is 516 g/mol. The van der Waals surface area contributed by atoms with Gasteiger partial charge in [-0.2, -0.15) is 5.10 Å². The summed E-state index contributed by atoms with van der Waals surface area (Å²) >= 11 is 6.45. The van der Waals surface area contributed by atoms with Crippen LogP contribution in [0.1, 0.15) is 36.0 Å². The summed E-state index contributed by atoms with van der Waals surface area (Å²) in [4.78, 5) is 33.3. The first-order valence-electron chi connectivity index (χ1n) is 12.1. The molecule has 0 saturated heterocycles. The van der Waals surface area contributed by atoms with Crippen LogP contribution in [-0.4, -0.2) is 43.5 Å². The van der Waals surface area contributed by atoms with Gasteiger partial charge >= 0.3 is 0 Å². The predicted octanol–water partition coefficient (Wildman–Crippen LogP) is 4.72. The Hall–Kier alpha value is -4.24. The molecule has 3 heterocycles. The number of aromatic nitrogens is 4. The minimum absolute atomic E-state index is 0.0188. The Morgan fingerprint density at radius 2 is 1.89 bits per heavy atom. The van der Waals surface area contributed by atoms with Crippen molar-refractivity contribution in [2.45, 2.75) is 37.8 Å². The SMILES string of the molecule is C=CC(=O)Nc1ccc(C(=O)N[C@H]2CCC[C@@H](Nc3ncc(Cl)c(-c4cnn5ccccc45)n3)C2)cc1. The van der Waals surface area contributed by atoms with Crippen LogP contribution in [0, 0.1) is 0 Å². The number of nitrogens with zero attached hydrogens (tertiary/aromatic N) is 4.